The molecule has 0 rings (SSSR count). The van der Waals surface area contributed by atoms with E-state index >= 15 is 0 Å². The van der Waals surface area contributed by atoms with Crippen LogP contribution in [0.4, 0.5) is 0 Å². The largest absolute Gasteiger partial charge is 0.392 e. The Hall–Kier alpha value is -0.900. The lowest BCUT2D eigenvalue weighted by Crippen LogP contribution is -2.34. The first kappa shape index (κ1) is 11.1. The van der Waals surface area contributed by atoms with Crippen molar-refractivity contribution in [3.05, 3.63) is 0 Å². The molecule has 0 amide bonds. The molecule has 4 nitrogen and oxygen atoms in total. The molecular weight excluding hydrogens is 158 g/mol. The molecule has 4 heteroatoms. The molecule has 0 radical (unpaired) electrons. The third kappa shape index (κ3) is 3.48. The summed E-state index contributed by atoms with van der Waals surface area (Å²) in [4.78, 5) is 21.9. The van der Waals surface area contributed by atoms with Crippen molar-refractivity contribution in [3.63, 3.8) is 0 Å². The van der Waals surface area contributed by atoms with Crippen molar-refractivity contribution in [1.29, 1.82) is 0 Å². The van der Waals surface area contributed by atoms with Crippen LogP contribution in [0.5, 0.6) is 0 Å². The average Bonchev–Trinajstić information content (AvgIpc) is 1.85. The van der Waals surface area contributed by atoms with Crippen molar-refractivity contribution >= 4 is 11.9 Å². The van der Waals surface area contributed by atoms with Gasteiger partial charge in [0.05, 0.1) is 5.41 Å². The van der Waals surface area contributed by atoms with Gasteiger partial charge < -0.3 is 10.5 Å². The molecule has 0 aromatic carbocycles. The maximum atomic E-state index is 11.1. The summed E-state index contributed by atoms with van der Waals surface area (Å²) in [6, 6.07) is -0.753. The molecule has 0 saturated carbocycles. The Bertz CT molecular complexity index is 191. The van der Waals surface area contributed by atoms with E-state index in [9.17, 15) is 9.59 Å². The molecule has 12 heavy (non-hydrogen) atoms. The maximum Gasteiger partial charge on any atom is 0.330 e. The van der Waals surface area contributed by atoms with Gasteiger partial charge in [-0.2, -0.15) is 0 Å². The van der Waals surface area contributed by atoms with E-state index in [-0.39, 0.29) is 0 Å². The highest BCUT2D eigenvalue weighted by Gasteiger charge is 2.26. The molecule has 0 aliphatic heterocycles. The molecule has 0 aliphatic rings. The van der Waals surface area contributed by atoms with E-state index in [1.165, 1.54) is 6.92 Å². The lowest BCUT2D eigenvalue weighted by molar-refractivity contribution is -0.166. The third-order valence-corrected chi connectivity index (χ3v) is 1.18. The smallest absolute Gasteiger partial charge is 0.330 e. The molecule has 70 valence electrons. The van der Waals surface area contributed by atoms with Gasteiger partial charge >= 0.3 is 11.9 Å². The molecule has 0 aromatic rings. The fraction of sp³-hybridized carbons (Fsp3) is 0.750. The van der Waals surface area contributed by atoms with E-state index in [2.05, 4.69) is 4.74 Å². The highest BCUT2D eigenvalue weighted by Crippen LogP contribution is 2.15. The number of carbonyl (C=O) groups is 2. The van der Waals surface area contributed by atoms with Gasteiger partial charge in [0.15, 0.2) is 0 Å². The number of ether oxygens (including phenoxy) is 1. The van der Waals surface area contributed by atoms with Crippen molar-refractivity contribution in [3.8, 4) is 0 Å². The summed E-state index contributed by atoms with van der Waals surface area (Å²) in [5.74, 6) is -1.24. The van der Waals surface area contributed by atoms with Crippen molar-refractivity contribution in [1.82, 2.24) is 0 Å². The predicted molar refractivity (Wildman–Crippen MR) is 44.2 cm³/mol. The summed E-state index contributed by atoms with van der Waals surface area (Å²) in [6.07, 6.45) is 0. The van der Waals surface area contributed by atoms with Gasteiger partial charge in [0.25, 0.3) is 0 Å². The SMILES string of the molecule is CC(N)C(=O)OC(=O)C(C)(C)C. The van der Waals surface area contributed by atoms with E-state index < -0.39 is 23.4 Å². The fourth-order valence-corrected chi connectivity index (χ4v) is 0.337. The Balaban J connectivity index is 4.12. The summed E-state index contributed by atoms with van der Waals surface area (Å²) in [6.45, 7) is 6.48. The normalized spacial score (nSPS) is 13.8. The molecule has 0 spiro atoms. The zero-order chi connectivity index (χ0) is 9.94. The minimum atomic E-state index is -0.753. The van der Waals surface area contributed by atoms with Crippen molar-refractivity contribution in [2.75, 3.05) is 0 Å². The number of nitrogens with two attached hydrogens (primary N) is 1. The van der Waals surface area contributed by atoms with Crippen LogP contribution in [0.3, 0.4) is 0 Å². The predicted octanol–water partition coefficient (Wildman–Crippen LogP) is 0.449. The van der Waals surface area contributed by atoms with Crippen molar-refractivity contribution in [2.45, 2.75) is 33.7 Å². The fourth-order valence-electron chi connectivity index (χ4n) is 0.337. The van der Waals surface area contributed by atoms with Crippen LogP contribution in [-0.2, 0) is 14.3 Å². The first-order valence-electron chi connectivity index (χ1n) is 3.77. The summed E-state index contributed by atoms with van der Waals surface area (Å²) < 4.78 is 4.47. The van der Waals surface area contributed by atoms with E-state index in [1.807, 2.05) is 0 Å². The Morgan fingerprint density at radius 1 is 1.33 bits per heavy atom. The third-order valence-electron chi connectivity index (χ3n) is 1.18. The molecule has 0 saturated heterocycles. The van der Waals surface area contributed by atoms with E-state index in [4.69, 9.17) is 5.73 Å². The van der Waals surface area contributed by atoms with Crippen LogP contribution in [-0.4, -0.2) is 18.0 Å². The zero-order valence-electron chi connectivity index (χ0n) is 7.88. The molecule has 0 fully saturated rings. The van der Waals surface area contributed by atoms with E-state index in [0.29, 0.717) is 0 Å². The van der Waals surface area contributed by atoms with Crippen LogP contribution < -0.4 is 5.73 Å². The van der Waals surface area contributed by atoms with Crippen LogP contribution in [0.15, 0.2) is 0 Å². The molecule has 1 unspecified atom stereocenters. The van der Waals surface area contributed by atoms with Crippen LogP contribution in [0.25, 0.3) is 0 Å². The molecule has 0 aliphatic carbocycles. The molecular formula is C8H15NO3. The van der Waals surface area contributed by atoms with Gasteiger partial charge in [-0.1, -0.05) is 0 Å². The monoisotopic (exact) mass is 173 g/mol. The van der Waals surface area contributed by atoms with Crippen molar-refractivity contribution < 1.29 is 14.3 Å². The first-order valence-corrected chi connectivity index (χ1v) is 3.77. The van der Waals surface area contributed by atoms with Gasteiger partial charge in [-0.3, -0.25) is 4.79 Å². The van der Waals surface area contributed by atoms with E-state index in [0.717, 1.165) is 0 Å². The highest BCUT2D eigenvalue weighted by molar-refractivity contribution is 5.90. The summed E-state index contributed by atoms with van der Waals surface area (Å²) in [5, 5.41) is 0. The minimum Gasteiger partial charge on any atom is -0.392 e. The molecule has 0 bridgehead atoms. The topological polar surface area (TPSA) is 69.4 Å². The average molecular weight is 173 g/mol. The number of carbonyl (C=O) groups excluding carboxylic acids is 2. The van der Waals surface area contributed by atoms with Gasteiger partial charge in [-0.05, 0) is 27.7 Å². The molecule has 0 aromatic heterocycles. The van der Waals surface area contributed by atoms with Crippen LogP contribution >= 0.6 is 0 Å². The second-order valence-corrected chi connectivity index (χ2v) is 3.75. The summed E-state index contributed by atoms with van der Waals surface area (Å²) in [5.41, 5.74) is 4.54. The Kier molecular flexibility index (Phi) is 3.39. The second-order valence-electron chi connectivity index (χ2n) is 3.75. The Morgan fingerprint density at radius 2 is 1.75 bits per heavy atom. The number of esters is 2. The summed E-state index contributed by atoms with van der Waals surface area (Å²) >= 11 is 0. The molecule has 2 N–H and O–H groups in total. The number of hydrogen-bond acceptors (Lipinski definition) is 4. The van der Waals surface area contributed by atoms with Gasteiger partial charge in [0.1, 0.15) is 6.04 Å². The Morgan fingerprint density at radius 3 is 2.00 bits per heavy atom. The first-order chi connectivity index (χ1) is 5.25. The molecule has 1 atom stereocenters. The number of rotatable bonds is 1. The highest BCUT2D eigenvalue weighted by atomic mass is 16.6. The second kappa shape index (κ2) is 3.67. The Labute approximate surface area is 72.1 Å². The van der Waals surface area contributed by atoms with Gasteiger partial charge in [-0.25, -0.2) is 4.79 Å². The van der Waals surface area contributed by atoms with Crippen LogP contribution in [0, 0.1) is 5.41 Å². The lowest BCUT2D eigenvalue weighted by Gasteiger charge is -2.15. The molecule has 0 heterocycles. The summed E-state index contributed by atoms with van der Waals surface area (Å²) in [7, 11) is 0. The van der Waals surface area contributed by atoms with Gasteiger partial charge in [0, 0.05) is 0 Å². The van der Waals surface area contributed by atoms with Gasteiger partial charge in [-0.15, -0.1) is 0 Å². The van der Waals surface area contributed by atoms with Crippen molar-refractivity contribution in [2.24, 2.45) is 11.1 Å². The zero-order valence-corrected chi connectivity index (χ0v) is 7.88. The quantitative estimate of drug-likeness (QED) is 0.461. The standard InChI is InChI=1S/C8H15NO3/c1-5(9)6(10)12-7(11)8(2,3)4/h5H,9H2,1-4H3. The maximum absolute atomic E-state index is 11.1. The minimum absolute atomic E-state index is 0.551. The lowest BCUT2D eigenvalue weighted by atomic mass is 9.97. The van der Waals surface area contributed by atoms with Crippen LogP contribution in [0.1, 0.15) is 27.7 Å². The van der Waals surface area contributed by atoms with E-state index in [1.54, 1.807) is 20.8 Å². The van der Waals surface area contributed by atoms with Gasteiger partial charge in [0.2, 0.25) is 0 Å². The number of hydrogen-bond donors (Lipinski definition) is 1. The van der Waals surface area contributed by atoms with Crippen LogP contribution in [0.2, 0.25) is 0 Å².